The van der Waals surface area contributed by atoms with Crippen LogP contribution < -0.4 is 0 Å². The molecule has 1 aromatic heterocycles. The standard InChI is InChI=1S/C11H11FN4O2/c1-7-13-14-15-16(7)10(11(17)18)6-8-2-4-9(12)5-3-8/h2-5,10H,6H2,1H3,(H,17,18)/t10-/m0/s1. The molecule has 0 aliphatic heterocycles. The van der Waals surface area contributed by atoms with Crippen LogP contribution in [0.2, 0.25) is 0 Å². The van der Waals surface area contributed by atoms with Crippen LogP contribution >= 0.6 is 0 Å². The van der Waals surface area contributed by atoms with Crippen molar-refractivity contribution in [3.63, 3.8) is 0 Å². The molecule has 0 bridgehead atoms. The molecule has 6 nitrogen and oxygen atoms in total. The highest BCUT2D eigenvalue weighted by Gasteiger charge is 2.23. The number of tetrazole rings is 1. The van der Waals surface area contributed by atoms with E-state index < -0.39 is 12.0 Å². The summed E-state index contributed by atoms with van der Waals surface area (Å²) in [5.41, 5.74) is 0.707. The highest BCUT2D eigenvalue weighted by molar-refractivity contribution is 5.72. The third kappa shape index (κ3) is 2.50. The van der Waals surface area contributed by atoms with Crippen LogP contribution in [0.25, 0.3) is 0 Å². The third-order valence-electron chi connectivity index (χ3n) is 2.58. The van der Waals surface area contributed by atoms with Crippen molar-refractivity contribution in [1.82, 2.24) is 20.2 Å². The van der Waals surface area contributed by atoms with E-state index in [2.05, 4.69) is 15.5 Å². The van der Waals surface area contributed by atoms with E-state index in [0.29, 0.717) is 11.4 Å². The Morgan fingerprint density at radius 1 is 1.44 bits per heavy atom. The number of carbonyl (C=O) groups is 1. The predicted octanol–water partition coefficient (Wildman–Crippen LogP) is 0.989. The monoisotopic (exact) mass is 250 g/mol. The molecule has 94 valence electrons. The van der Waals surface area contributed by atoms with Crippen LogP contribution in [-0.4, -0.2) is 31.3 Å². The Balaban J connectivity index is 2.25. The lowest BCUT2D eigenvalue weighted by atomic mass is 10.1. The van der Waals surface area contributed by atoms with E-state index >= 15 is 0 Å². The SMILES string of the molecule is Cc1nnnn1[C@@H](Cc1ccc(F)cc1)C(=O)O. The number of nitrogens with zero attached hydrogens (tertiary/aromatic N) is 4. The first-order valence-electron chi connectivity index (χ1n) is 5.29. The first-order valence-corrected chi connectivity index (χ1v) is 5.29. The number of aliphatic carboxylic acids is 1. The molecule has 7 heteroatoms. The van der Waals surface area contributed by atoms with Crippen molar-refractivity contribution in [2.45, 2.75) is 19.4 Å². The molecule has 2 aromatic rings. The second-order valence-corrected chi connectivity index (χ2v) is 3.86. The topological polar surface area (TPSA) is 80.9 Å². The Morgan fingerprint density at radius 2 is 2.11 bits per heavy atom. The molecule has 0 saturated carbocycles. The normalized spacial score (nSPS) is 12.3. The van der Waals surface area contributed by atoms with E-state index in [9.17, 15) is 14.3 Å². The molecule has 1 N–H and O–H groups in total. The minimum Gasteiger partial charge on any atom is -0.480 e. The number of aryl methyl sites for hydroxylation is 1. The van der Waals surface area contributed by atoms with Crippen LogP contribution in [0.15, 0.2) is 24.3 Å². The van der Waals surface area contributed by atoms with E-state index in [4.69, 9.17) is 0 Å². The Labute approximate surface area is 102 Å². The molecule has 1 heterocycles. The summed E-state index contributed by atoms with van der Waals surface area (Å²) in [4.78, 5) is 11.2. The van der Waals surface area contributed by atoms with Crippen molar-refractivity contribution in [3.8, 4) is 0 Å². The lowest BCUT2D eigenvalue weighted by Crippen LogP contribution is -2.23. The minimum atomic E-state index is -1.03. The average Bonchev–Trinajstić information content (AvgIpc) is 2.74. The first kappa shape index (κ1) is 12.2. The Hall–Kier alpha value is -2.31. The van der Waals surface area contributed by atoms with Crippen molar-refractivity contribution >= 4 is 5.97 Å². The van der Waals surface area contributed by atoms with Gasteiger partial charge in [0.25, 0.3) is 0 Å². The summed E-state index contributed by atoms with van der Waals surface area (Å²) < 4.78 is 14.0. The molecule has 0 radical (unpaired) electrons. The van der Waals surface area contributed by atoms with Crippen molar-refractivity contribution in [2.24, 2.45) is 0 Å². The summed E-state index contributed by atoms with van der Waals surface area (Å²) in [6, 6.07) is 4.78. The summed E-state index contributed by atoms with van der Waals surface area (Å²) in [5, 5.41) is 19.9. The zero-order valence-electron chi connectivity index (χ0n) is 9.62. The van der Waals surface area contributed by atoms with E-state index in [1.807, 2.05) is 0 Å². The highest BCUT2D eigenvalue weighted by Crippen LogP contribution is 2.15. The fourth-order valence-electron chi connectivity index (χ4n) is 1.65. The van der Waals surface area contributed by atoms with Gasteiger partial charge in [-0.05, 0) is 35.0 Å². The molecule has 0 spiro atoms. The molecule has 0 aliphatic carbocycles. The summed E-state index contributed by atoms with van der Waals surface area (Å²) in [5.74, 6) is -0.969. The van der Waals surface area contributed by atoms with E-state index in [1.54, 1.807) is 19.1 Å². The molecule has 0 fully saturated rings. The average molecular weight is 250 g/mol. The predicted molar refractivity (Wildman–Crippen MR) is 59.3 cm³/mol. The van der Waals surface area contributed by atoms with Gasteiger partial charge in [-0.2, -0.15) is 0 Å². The molecule has 0 amide bonds. The molecular weight excluding hydrogens is 239 g/mol. The fourth-order valence-corrected chi connectivity index (χ4v) is 1.65. The van der Waals surface area contributed by atoms with E-state index in [-0.39, 0.29) is 12.2 Å². The number of halogens is 1. The Bertz CT molecular complexity index is 552. The van der Waals surface area contributed by atoms with Gasteiger partial charge in [-0.15, -0.1) is 5.10 Å². The van der Waals surface area contributed by atoms with Gasteiger partial charge in [0, 0.05) is 6.42 Å². The van der Waals surface area contributed by atoms with Crippen LogP contribution in [0.5, 0.6) is 0 Å². The maximum Gasteiger partial charge on any atom is 0.328 e. The largest absolute Gasteiger partial charge is 0.480 e. The van der Waals surface area contributed by atoms with Crippen molar-refractivity contribution in [1.29, 1.82) is 0 Å². The summed E-state index contributed by atoms with van der Waals surface area (Å²) >= 11 is 0. The van der Waals surface area contributed by atoms with Gasteiger partial charge in [-0.1, -0.05) is 12.1 Å². The van der Waals surface area contributed by atoms with Crippen LogP contribution in [-0.2, 0) is 11.2 Å². The number of benzene rings is 1. The van der Waals surface area contributed by atoms with E-state index in [0.717, 1.165) is 0 Å². The van der Waals surface area contributed by atoms with Crippen LogP contribution in [0.1, 0.15) is 17.4 Å². The molecule has 1 atom stereocenters. The third-order valence-corrected chi connectivity index (χ3v) is 2.58. The highest BCUT2D eigenvalue weighted by atomic mass is 19.1. The number of hydrogen-bond donors (Lipinski definition) is 1. The molecule has 1 aromatic carbocycles. The Kier molecular flexibility index (Phi) is 3.31. The van der Waals surface area contributed by atoms with Gasteiger partial charge >= 0.3 is 5.97 Å². The zero-order chi connectivity index (χ0) is 13.1. The second-order valence-electron chi connectivity index (χ2n) is 3.86. The fraction of sp³-hybridized carbons (Fsp3) is 0.273. The number of aromatic nitrogens is 4. The molecule has 2 rings (SSSR count). The number of carboxylic acid groups (broad SMARTS) is 1. The summed E-state index contributed by atoms with van der Waals surface area (Å²) in [6.45, 7) is 1.63. The lowest BCUT2D eigenvalue weighted by molar-refractivity contribution is -0.141. The van der Waals surface area contributed by atoms with Crippen molar-refractivity contribution in [2.75, 3.05) is 0 Å². The lowest BCUT2D eigenvalue weighted by Gasteiger charge is -2.12. The van der Waals surface area contributed by atoms with Crippen LogP contribution in [0.4, 0.5) is 4.39 Å². The van der Waals surface area contributed by atoms with Crippen molar-refractivity contribution < 1.29 is 14.3 Å². The molecule has 0 aliphatic rings. The van der Waals surface area contributed by atoms with Gasteiger partial charge in [0.2, 0.25) is 0 Å². The number of hydrogen-bond acceptors (Lipinski definition) is 4. The molecule has 18 heavy (non-hydrogen) atoms. The summed E-state index contributed by atoms with van der Waals surface area (Å²) in [7, 11) is 0. The molecule has 0 unspecified atom stereocenters. The smallest absolute Gasteiger partial charge is 0.328 e. The summed E-state index contributed by atoms with van der Waals surface area (Å²) in [6.07, 6.45) is 0.196. The van der Waals surface area contributed by atoms with Crippen LogP contribution in [0, 0.1) is 12.7 Å². The Morgan fingerprint density at radius 3 is 2.61 bits per heavy atom. The van der Waals surface area contributed by atoms with Crippen LogP contribution in [0.3, 0.4) is 0 Å². The van der Waals surface area contributed by atoms with Crippen molar-refractivity contribution in [3.05, 3.63) is 41.5 Å². The minimum absolute atomic E-state index is 0.196. The number of rotatable bonds is 4. The molecule has 0 saturated heterocycles. The van der Waals surface area contributed by atoms with Gasteiger partial charge in [-0.3, -0.25) is 0 Å². The van der Waals surface area contributed by atoms with Gasteiger partial charge in [0.15, 0.2) is 6.04 Å². The number of carboxylic acids is 1. The zero-order valence-corrected chi connectivity index (χ0v) is 9.62. The second kappa shape index (κ2) is 4.91. The van der Waals surface area contributed by atoms with Gasteiger partial charge in [0.1, 0.15) is 11.6 Å². The van der Waals surface area contributed by atoms with Gasteiger partial charge < -0.3 is 5.11 Å². The quantitative estimate of drug-likeness (QED) is 0.875. The maximum atomic E-state index is 12.8. The van der Waals surface area contributed by atoms with E-state index in [1.165, 1.54) is 16.8 Å². The first-order chi connectivity index (χ1) is 8.58. The maximum absolute atomic E-state index is 12.8. The van der Waals surface area contributed by atoms with Gasteiger partial charge in [-0.25, -0.2) is 13.9 Å². The molecular formula is C11H11FN4O2. The van der Waals surface area contributed by atoms with Gasteiger partial charge in [0.05, 0.1) is 0 Å².